The first kappa shape index (κ1) is 14.4. The normalized spacial score (nSPS) is 15.3. The molecule has 2 heterocycles. The van der Waals surface area contributed by atoms with Crippen molar-refractivity contribution in [2.24, 2.45) is 4.99 Å². The summed E-state index contributed by atoms with van der Waals surface area (Å²) in [6.07, 6.45) is 4.27. The zero-order valence-corrected chi connectivity index (χ0v) is 14.0. The summed E-state index contributed by atoms with van der Waals surface area (Å²) in [5.74, 6) is 1.71. The average Bonchev–Trinajstić information content (AvgIpc) is 3.09. The number of hydrogen-bond acceptors (Lipinski definition) is 3. The van der Waals surface area contributed by atoms with Crippen molar-refractivity contribution < 1.29 is 4.42 Å². The Labute approximate surface area is 133 Å². The second kappa shape index (κ2) is 6.06. The number of aliphatic imine (C=N–C) groups is 1. The highest BCUT2D eigenvalue weighted by molar-refractivity contribution is 9.10. The molecule has 0 N–H and O–H groups in total. The fraction of sp³-hybridized carbons (Fsp3) is 0.353. The van der Waals surface area contributed by atoms with Crippen LogP contribution in [0.15, 0.2) is 38.1 Å². The zero-order chi connectivity index (χ0) is 14.8. The maximum atomic E-state index is 5.92. The molecule has 0 unspecified atom stereocenters. The van der Waals surface area contributed by atoms with Crippen LogP contribution in [0.2, 0.25) is 0 Å². The highest BCUT2D eigenvalue weighted by Gasteiger charge is 2.19. The van der Waals surface area contributed by atoms with Crippen molar-refractivity contribution >= 4 is 33.7 Å². The standard InChI is InChI=1S/C17H19BrN2O/c1-12-5-6-13(2)16(9-12)19-11-14-10-15(18)17(21-14)20-7-3-4-8-20/h5-6,9-11H,3-4,7-8H2,1-2H3. The Balaban J connectivity index is 1.83. The van der Waals surface area contributed by atoms with Gasteiger partial charge in [0.25, 0.3) is 0 Å². The summed E-state index contributed by atoms with van der Waals surface area (Å²) in [6.45, 7) is 6.28. The van der Waals surface area contributed by atoms with Crippen molar-refractivity contribution in [1.29, 1.82) is 0 Å². The van der Waals surface area contributed by atoms with Crippen LogP contribution in [0, 0.1) is 13.8 Å². The van der Waals surface area contributed by atoms with Gasteiger partial charge in [0.05, 0.1) is 16.4 Å². The molecule has 1 aromatic heterocycles. The molecule has 4 heteroatoms. The van der Waals surface area contributed by atoms with Gasteiger partial charge in [0.15, 0.2) is 0 Å². The van der Waals surface area contributed by atoms with E-state index in [1.807, 2.05) is 6.07 Å². The van der Waals surface area contributed by atoms with Crippen molar-refractivity contribution in [3.8, 4) is 0 Å². The molecule has 0 saturated carbocycles. The number of anilines is 1. The number of aryl methyl sites for hydroxylation is 2. The first-order valence-electron chi connectivity index (χ1n) is 7.29. The van der Waals surface area contributed by atoms with E-state index in [-0.39, 0.29) is 0 Å². The molecule has 0 aliphatic carbocycles. The lowest BCUT2D eigenvalue weighted by Crippen LogP contribution is -2.17. The summed E-state index contributed by atoms with van der Waals surface area (Å²) < 4.78 is 6.93. The number of halogens is 1. The summed E-state index contributed by atoms with van der Waals surface area (Å²) >= 11 is 3.58. The van der Waals surface area contributed by atoms with Crippen molar-refractivity contribution in [1.82, 2.24) is 0 Å². The van der Waals surface area contributed by atoms with Gasteiger partial charge in [-0.2, -0.15) is 0 Å². The Morgan fingerprint density at radius 3 is 2.71 bits per heavy atom. The number of nitrogens with zero attached hydrogens (tertiary/aromatic N) is 2. The predicted molar refractivity (Wildman–Crippen MR) is 91.0 cm³/mol. The lowest BCUT2D eigenvalue weighted by molar-refractivity contribution is 0.549. The monoisotopic (exact) mass is 346 g/mol. The molecule has 0 atom stereocenters. The highest BCUT2D eigenvalue weighted by atomic mass is 79.9. The maximum Gasteiger partial charge on any atom is 0.210 e. The second-order valence-corrected chi connectivity index (χ2v) is 6.40. The largest absolute Gasteiger partial charge is 0.438 e. The SMILES string of the molecule is Cc1ccc(C)c(N=Cc2cc(Br)c(N3CCCC3)o2)c1. The van der Waals surface area contributed by atoms with Gasteiger partial charge < -0.3 is 9.32 Å². The Hall–Kier alpha value is -1.55. The van der Waals surface area contributed by atoms with Gasteiger partial charge in [0.2, 0.25) is 5.88 Å². The quantitative estimate of drug-likeness (QED) is 0.730. The van der Waals surface area contributed by atoms with Gasteiger partial charge in [-0.05, 0) is 59.8 Å². The van der Waals surface area contributed by atoms with E-state index in [0.717, 1.165) is 34.9 Å². The summed E-state index contributed by atoms with van der Waals surface area (Å²) in [4.78, 5) is 6.84. The molecular weight excluding hydrogens is 328 g/mol. The predicted octanol–water partition coefficient (Wildman–Crippen LogP) is 5.01. The molecule has 1 aliphatic rings. The maximum absolute atomic E-state index is 5.92. The van der Waals surface area contributed by atoms with Crippen molar-refractivity contribution in [2.75, 3.05) is 18.0 Å². The van der Waals surface area contributed by atoms with E-state index >= 15 is 0 Å². The van der Waals surface area contributed by atoms with Crippen LogP contribution >= 0.6 is 15.9 Å². The van der Waals surface area contributed by atoms with Crippen LogP contribution in [0.4, 0.5) is 11.6 Å². The fourth-order valence-corrected chi connectivity index (χ4v) is 3.12. The zero-order valence-electron chi connectivity index (χ0n) is 12.4. The van der Waals surface area contributed by atoms with E-state index in [0.29, 0.717) is 0 Å². The average molecular weight is 347 g/mol. The summed E-state index contributed by atoms with van der Waals surface area (Å²) in [5, 5.41) is 0. The summed E-state index contributed by atoms with van der Waals surface area (Å²) in [5.41, 5.74) is 3.37. The summed E-state index contributed by atoms with van der Waals surface area (Å²) in [6, 6.07) is 8.27. The van der Waals surface area contributed by atoms with Gasteiger partial charge in [0.1, 0.15) is 5.76 Å². The van der Waals surface area contributed by atoms with Crippen LogP contribution in [0.5, 0.6) is 0 Å². The molecular formula is C17H19BrN2O. The van der Waals surface area contributed by atoms with Crippen molar-refractivity contribution in [2.45, 2.75) is 26.7 Å². The van der Waals surface area contributed by atoms with Gasteiger partial charge in [-0.3, -0.25) is 4.99 Å². The molecule has 3 rings (SSSR count). The lowest BCUT2D eigenvalue weighted by atomic mass is 10.1. The minimum Gasteiger partial charge on any atom is -0.438 e. The first-order valence-corrected chi connectivity index (χ1v) is 8.08. The van der Waals surface area contributed by atoms with Crippen LogP contribution in [0.1, 0.15) is 29.7 Å². The van der Waals surface area contributed by atoms with E-state index in [9.17, 15) is 0 Å². The molecule has 3 nitrogen and oxygen atoms in total. The Morgan fingerprint density at radius 2 is 1.95 bits per heavy atom. The smallest absolute Gasteiger partial charge is 0.210 e. The van der Waals surface area contributed by atoms with E-state index in [2.05, 4.69) is 57.9 Å². The minimum absolute atomic E-state index is 0.782. The van der Waals surface area contributed by atoms with Crippen LogP contribution in [0.3, 0.4) is 0 Å². The molecule has 0 bridgehead atoms. The first-order chi connectivity index (χ1) is 10.1. The van der Waals surface area contributed by atoms with Gasteiger partial charge in [-0.25, -0.2) is 0 Å². The van der Waals surface area contributed by atoms with E-state index in [1.165, 1.54) is 24.0 Å². The number of rotatable bonds is 3. The molecule has 21 heavy (non-hydrogen) atoms. The number of benzene rings is 1. The molecule has 0 spiro atoms. The molecule has 0 radical (unpaired) electrons. The van der Waals surface area contributed by atoms with Gasteiger partial charge in [0, 0.05) is 19.2 Å². The summed E-state index contributed by atoms with van der Waals surface area (Å²) in [7, 11) is 0. The highest BCUT2D eigenvalue weighted by Crippen LogP contribution is 2.32. The van der Waals surface area contributed by atoms with E-state index in [4.69, 9.17) is 4.42 Å². The Kier molecular flexibility index (Phi) is 4.15. The van der Waals surface area contributed by atoms with Gasteiger partial charge in [-0.15, -0.1) is 0 Å². The topological polar surface area (TPSA) is 28.7 Å². The van der Waals surface area contributed by atoms with E-state index in [1.54, 1.807) is 6.21 Å². The third-order valence-electron chi connectivity index (χ3n) is 3.78. The van der Waals surface area contributed by atoms with Gasteiger partial charge >= 0.3 is 0 Å². The van der Waals surface area contributed by atoms with Gasteiger partial charge in [-0.1, -0.05) is 12.1 Å². The fourth-order valence-electron chi connectivity index (χ4n) is 2.57. The molecule has 110 valence electrons. The number of furan rings is 1. The third-order valence-corrected chi connectivity index (χ3v) is 4.34. The van der Waals surface area contributed by atoms with Crippen molar-refractivity contribution in [3.63, 3.8) is 0 Å². The Bertz CT molecular complexity index is 669. The molecule has 0 amide bonds. The molecule has 1 aliphatic heterocycles. The molecule has 1 saturated heterocycles. The number of hydrogen-bond donors (Lipinski definition) is 0. The van der Waals surface area contributed by atoms with Crippen LogP contribution in [-0.2, 0) is 0 Å². The molecule has 1 fully saturated rings. The molecule has 2 aromatic rings. The van der Waals surface area contributed by atoms with Crippen LogP contribution in [-0.4, -0.2) is 19.3 Å². The minimum atomic E-state index is 0.782. The third kappa shape index (κ3) is 3.21. The van der Waals surface area contributed by atoms with Crippen molar-refractivity contribution in [3.05, 3.63) is 45.6 Å². The molecule has 1 aromatic carbocycles. The Morgan fingerprint density at radius 1 is 1.19 bits per heavy atom. The van der Waals surface area contributed by atoms with E-state index < -0.39 is 0 Å². The lowest BCUT2D eigenvalue weighted by Gasteiger charge is -2.13. The van der Waals surface area contributed by atoms with Crippen LogP contribution in [0.25, 0.3) is 0 Å². The second-order valence-electron chi connectivity index (χ2n) is 5.54. The van der Waals surface area contributed by atoms with Crippen LogP contribution < -0.4 is 4.90 Å².